The minimum atomic E-state index is 0.209. The number of nitrogens with zero attached hydrogens (tertiary/aromatic N) is 6. The molecule has 1 N–H and O–H groups in total. The van der Waals surface area contributed by atoms with Gasteiger partial charge in [0.05, 0.1) is 5.39 Å². The number of fused-ring (bicyclic) bond motifs is 1. The van der Waals surface area contributed by atoms with Crippen molar-refractivity contribution in [2.24, 2.45) is 5.10 Å². The third-order valence-corrected chi connectivity index (χ3v) is 5.82. The van der Waals surface area contributed by atoms with Crippen LogP contribution in [-0.2, 0) is 6.42 Å². The summed E-state index contributed by atoms with van der Waals surface area (Å²) in [7, 11) is 0. The van der Waals surface area contributed by atoms with E-state index in [1.54, 1.807) is 6.33 Å². The highest BCUT2D eigenvalue weighted by Crippen LogP contribution is 2.28. The lowest BCUT2D eigenvalue weighted by Gasteiger charge is -2.41. The minimum absolute atomic E-state index is 0.209. The summed E-state index contributed by atoms with van der Waals surface area (Å²) in [5, 5.41) is 5.23. The summed E-state index contributed by atoms with van der Waals surface area (Å²) >= 11 is 3.52. The molecule has 148 valence electrons. The van der Waals surface area contributed by atoms with Gasteiger partial charge in [0.1, 0.15) is 22.9 Å². The Morgan fingerprint density at radius 1 is 1.38 bits per heavy atom. The zero-order chi connectivity index (χ0) is 20.4. The van der Waals surface area contributed by atoms with Crippen LogP contribution in [0.15, 0.2) is 46.4 Å². The van der Waals surface area contributed by atoms with Crippen molar-refractivity contribution in [1.82, 2.24) is 19.9 Å². The molecular formula is C21H22BrN7. The highest BCUT2D eigenvalue weighted by Gasteiger charge is 2.29. The van der Waals surface area contributed by atoms with Crippen LogP contribution in [0.4, 0.5) is 5.82 Å². The number of piperazine rings is 1. The third kappa shape index (κ3) is 3.96. The molecule has 0 spiro atoms. The number of H-pyrrole nitrogens is 1. The lowest BCUT2D eigenvalue weighted by atomic mass is 10.1. The molecular weight excluding hydrogens is 430 g/mol. The van der Waals surface area contributed by atoms with Gasteiger partial charge in [0, 0.05) is 42.8 Å². The molecule has 0 unspecified atom stereocenters. The Kier molecular flexibility index (Phi) is 5.49. The SMILES string of the molecule is [C-]#[N+]/N=C(/Cc1cccc(Br)c1)N1CCN(c2ncnc3[nH]cc(C)c23)C[C@@H]1C. The average Bonchev–Trinajstić information content (AvgIpc) is 3.09. The molecule has 1 saturated heterocycles. The molecule has 7 nitrogen and oxygen atoms in total. The van der Waals surface area contributed by atoms with Crippen molar-refractivity contribution in [3.8, 4) is 0 Å². The van der Waals surface area contributed by atoms with E-state index in [-0.39, 0.29) is 6.04 Å². The fourth-order valence-corrected chi connectivity index (χ4v) is 4.40. The number of hydrogen-bond acceptors (Lipinski definition) is 4. The average molecular weight is 452 g/mol. The molecule has 0 radical (unpaired) electrons. The van der Waals surface area contributed by atoms with Gasteiger partial charge in [-0.25, -0.2) is 9.97 Å². The van der Waals surface area contributed by atoms with Gasteiger partial charge in [0.25, 0.3) is 0 Å². The molecule has 0 saturated carbocycles. The van der Waals surface area contributed by atoms with Crippen LogP contribution in [0.2, 0.25) is 0 Å². The molecule has 4 rings (SSSR count). The highest BCUT2D eigenvalue weighted by atomic mass is 79.9. The molecule has 8 heteroatoms. The Morgan fingerprint density at radius 3 is 3.00 bits per heavy atom. The van der Waals surface area contributed by atoms with E-state index in [9.17, 15) is 0 Å². The molecule has 1 aliphatic rings. The largest absolute Gasteiger partial charge is 0.352 e. The maximum atomic E-state index is 7.27. The number of aryl methyl sites for hydroxylation is 1. The lowest BCUT2D eigenvalue weighted by Crippen LogP contribution is -2.54. The monoisotopic (exact) mass is 451 g/mol. The summed E-state index contributed by atoms with van der Waals surface area (Å²) in [6, 6.07) is 8.36. The van der Waals surface area contributed by atoms with Crippen molar-refractivity contribution in [3.63, 3.8) is 0 Å². The van der Waals surface area contributed by atoms with Crippen LogP contribution < -0.4 is 4.90 Å². The van der Waals surface area contributed by atoms with E-state index in [1.165, 1.54) is 0 Å². The van der Waals surface area contributed by atoms with E-state index >= 15 is 0 Å². The van der Waals surface area contributed by atoms with Crippen LogP contribution in [0, 0.1) is 13.5 Å². The Balaban J connectivity index is 1.55. The second-order valence-electron chi connectivity index (χ2n) is 7.30. The quantitative estimate of drug-likeness (QED) is 0.282. The zero-order valence-corrected chi connectivity index (χ0v) is 18.0. The Morgan fingerprint density at radius 2 is 2.24 bits per heavy atom. The first-order valence-electron chi connectivity index (χ1n) is 9.55. The van der Waals surface area contributed by atoms with Gasteiger partial charge < -0.3 is 14.8 Å². The normalized spacial score (nSPS) is 17.6. The van der Waals surface area contributed by atoms with Gasteiger partial charge in [-0.15, -0.1) is 4.95 Å². The first-order chi connectivity index (χ1) is 14.1. The van der Waals surface area contributed by atoms with Crippen LogP contribution in [0.25, 0.3) is 16.0 Å². The molecule has 0 bridgehead atoms. The fourth-order valence-electron chi connectivity index (χ4n) is 3.95. The fraction of sp³-hybridized carbons (Fsp3) is 0.333. The van der Waals surface area contributed by atoms with Gasteiger partial charge in [-0.05, 0) is 37.1 Å². The molecule has 1 atom stereocenters. The van der Waals surface area contributed by atoms with Gasteiger partial charge in [-0.3, -0.25) is 0 Å². The Hall–Kier alpha value is -2.92. The van der Waals surface area contributed by atoms with Gasteiger partial charge in [-0.1, -0.05) is 28.1 Å². The number of aromatic amines is 1. The first-order valence-corrected chi connectivity index (χ1v) is 10.3. The number of amidine groups is 1. The van der Waals surface area contributed by atoms with Crippen LogP contribution in [0.1, 0.15) is 18.1 Å². The van der Waals surface area contributed by atoms with Crippen LogP contribution >= 0.6 is 15.9 Å². The predicted molar refractivity (Wildman–Crippen MR) is 119 cm³/mol. The van der Waals surface area contributed by atoms with Crippen molar-refractivity contribution < 1.29 is 0 Å². The molecule has 0 amide bonds. The molecule has 2 aromatic heterocycles. The summed E-state index contributed by atoms with van der Waals surface area (Å²) in [5.74, 6) is 1.78. The van der Waals surface area contributed by atoms with Crippen LogP contribution in [0.5, 0.6) is 0 Å². The third-order valence-electron chi connectivity index (χ3n) is 5.32. The lowest BCUT2D eigenvalue weighted by molar-refractivity contribution is 0.293. The van der Waals surface area contributed by atoms with Crippen LogP contribution in [-0.4, -0.2) is 51.4 Å². The van der Waals surface area contributed by atoms with Crippen molar-refractivity contribution in [3.05, 3.63) is 63.9 Å². The van der Waals surface area contributed by atoms with Crippen molar-refractivity contribution in [1.29, 1.82) is 0 Å². The first kappa shape index (κ1) is 19.4. The summed E-state index contributed by atoms with van der Waals surface area (Å²) < 4.78 is 1.03. The van der Waals surface area contributed by atoms with E-state index in [0.29, 0.717) is 6.42 Å². The minimum Gasteiger partial charge on any atom is -0.352 e. The van der Waals surface area contributed by atoms with E-state index < -0.39 is 0 Å². The van der Waals surface area contributed by atoms with Gasteiger partial charge in [0.15, 0.2) is 5.84 Å². The maximum Gasteiger partial charge on any atom is 0.193 e. The van der Waals surface area contributed by atoms with E-state index in [4.69, 9.17) is 6.57 Å². The summed E-state index contributed by atoms with van der Waals surface area (Å²) in [6.07, 6.45) is 4.23. The second-order valence-corrected chi connectivity index (χ2v) is 8.22. The number of nitrogens with one attached hydrogen (secondary N) is 1. The van der Waals surface area contributed by atoms with Gasteiger partial charge >= 0.3 is 0 Å². The van der Waals surface area contributed by atoms with Gasteiger partial charge in [0.2, 0.25) is 0 Å². The number of anilines is 1. The summed E-state index contributed by atoms with van der Waals surface area (Å²) in [5.41, 5.74) is 3.15. The summed E-state index contributed by atoms with van der Waals surface area (Å²) in [6.45, 7) is 13.9. The summed E-state index contributed by atoms with van der Waals surface area (Å²) in [4.78, 5) is 20.0. The van der Waals surface area contributed by atoms with E-state index in [2.05, 4.69) is 76.7 Å². The zero-order valence-electron chi connectivity index (χ0n) is 16.4. The number of rotatable bonds is 3. The van der Waals surface area contributed by atoms with Crippen molar-refractivity contribution in [2.75, 3.05) is 24.5 Å². The molecule has 29 heavy (non-hydrogen) atoms. The molecule has 1 fully saturated rings. The van der Waals surface area contributed by atoms with Crippen molar-refractivity contribution in [2.45, 2.75) is 26.3 Å². The Labute approximate surface area is 178 Å². The topological polar surface area (TPSA) is 64.8 Å². The van der Waals surface area contributed by atoms with Gasteiger partial charge in [-0.2, -0.15) is 6.57 Å². The van der Waals surface area contributed by atoms with E-state index in [0.717, 1.165) is 57.9 Å². The van der Waals surface area contributed by atoms with Crippen LogP contribution in [0.3, 0.4) is 0 Å². The number of benzene rings is 1. The standard InChI is InChI=1S/C21H22BrN7/c1-14-11-24-20-19(14)21(26-13-25-20)28-7-8-29(15(2)12-28)18(27-23-3)10-16-5-4-6-17(22)9-16/h4-6,9,11,13,15H,7-8,10,12H2,1-2H3,(H,24,25,26)/b27-18-/t15-/m0/s1. The predicted octanol–water partition coefficient (Wildman–Crippen LogP) is 4.01. The molecule has 3 heterocycles. The molecule has 3 aromatic rings. The second kappa shape index (κ2) is 8.21. The number of aromatic nitrogens is 3. The molecule has 1 aromatic carbocycles. The maximum absolute atomic E-state index is 7.27. The smallest absolute Gasteiger partial charge is 0.193 e. The molecule has 1 aliphatic heterocycles. The Bertz CT molecular complexity index is 1100. The molecule has 0 aliphatic carbocycles. The number of halogens is 1. The number of hydrogen-bond donors (Lipinski definition) is 1. The van der Waals surface area contributed by atoms with Crippen molar-refractivity contribution >= 4 is 38.6 Å². The highest BCUT2D eigenvalue weighted by molar-refractivity contribution is 9.10. The van der Waals surface area contributed by atoms with E-state index in [1.807, 2.05) is 18.3 Å².